The molecule has 1 aliphatic heterocycles. The van der Waals surface area contributed by atoms with E-state index in [1.165, 1.54) is 6.33 Å². The minimum atomic E-state index is -3.16. The number of pyridine rings is 1. The largest absolute Gasteiger partial charge is 0.265 e. The molecule has 3 heterocycles. The number of hydrogen-bond donors (Lipinski definition) is 0. The number of sulfonamides is 1. The van der Waals surface area contributed by atoms with Gasteiger partial charge in [-0.25, -0.2) is 22.7 Å². The van der Waals surface area contributed by atoms with Gasteiger partial charge in [0, 0.05) is 43.2 Å². The molecule has 1 aliphatic rings. The molecule has 2 aromatic rings. The Hall–Kier alpha value is -1.86. The van der Waals surface area contributed by atoms with Crippen LogP contribution in [0.15, 0.2) is 37.1 Å². The first kappa shape index (κ1) is 16.0. The summed E-state index contributed by atoms with van der Waals surface area (Å²) in [7, 11) is -3.16. The normalized spacial score (nSPS) is 19.6. The molecule has 1 atom stereocenters. The fraction of sp³-hybridized carbons (Fsp3) is 0.438. The smallest absolute Gasteiger partial charge is 0.213 e. The van der Waals surface area contributed by atoms with Crippen molar-refractivity contribution in [3.63, 3.8) is 0 Å². The summed E-state index contributed by atoms with van der Waals surface area (Å²) in [6.45, 7) is 2.78. The van der Waals surface area contributed by atoms with Crippen molar-refractivity contribution in [2.24, 2.45) is 0 Å². The average molecular weight is 332 g/mol. The lowest BCUT2D eigenvalue weighted by Crippen LogP contribution is -2.40. The van der Waals surface area contributed by atoms with E-state index in [4.69, 9.17) is 0 Å². The van der Waals surface area contributed by atoms with Crippen LogP contribution in [-0.4, -0.2) is 46.5 Å². The van der Waals surface area contributed by atoms with Crippen LogP contribution in [0.5, 0.6) is 0 Å². The molecule has 0 radical (unpaired) electrons. The second-order valence-electron chi connectivity index (χ2n) is 5.66. The van der Waals surface area contributed by atoms with Crippen molar-refractivity contribution >= 4 is 10.0 Å². The standard InChI is InChI=1S/C16H20N4O2S/c1-2-23(21,22)20-9-3-4-14(11-20)16-15(10-18-12-19-16)13-5-7-17-8-6-13/h5-8,10,12,14H,2-4,9,11H2,1H3. The van der Waals surface area contributed by atoms with Crippen LogP contribution < -0.4 is 0 Å². The summed E-state index contributed by atoms with van der Waals surface area (Å²) >= 11 is 0. The van der Waals surface area contributed by atoms with Crippen molar-refractivity contribution in [3.05, 3.63) is 42.7 Å². The second kappa shape index (κ2) is 6.72. The highest BCUT2D eigenvalue weighted by Crippen LogP contribution is 2.33. The van der Waals surface area contributed by atoms with Gasteiger partial charge in [-0.2, -0.15) is 0 Å². The molecule has 2 aromatic heterocycles. The zero-order valence-electron chi connectivity index (χ0n) is 13.1. The molecule has 6 nitrogen and oxygen atoms in total. The van der Waals surface area contributed by atoms with Gasteiger partial charge in [-0.05, 0) is 37.5 Å². The molecule has 7 heteroatoms. The SMILES string of the molecule is CCS(=O)(=O)N1CCCC(c2ncncc2-c2ccncc2)C1. The van der Waals surface area contributed by atoms with Gasteiger partial charge in [0.1, 0.15) is 6.33 Å². The van der Waals surface area contributed by atoms with E-state index in [0.717, 1.165) is 29.7 Å². The first-order valence-corrected chi connectivity index (χ1v) is 9.41. The van der Waals surface area contributed by atoms with E-state index in [-0.39, 0.29) is 11.7 Å². The molecule has 3 rings (SSSR count). The van der Waals surface area contributed by atoms with E-state index in [1.807, 2.05) is 12.1 Å². The molecule has 122 valence electrons. The van der Waals surface area contributed by atoms with Gasteiger partial charge in [-0.3, -0.25) is 4.98 Å². The molecule has 0 N–H and O–H groups in total. The maximum atomic E-state index is 12.2. The lowest BCUT2D eigenvalue weighted by molar-refractivity contribution is 0.313. The lowest BCUT2D eigenvalue weighted by Gasteiger charge is -2.32. The molecule has 1 fully saturated rings. The van der Waals surface area contributed by atoms with Crippen LogP contribution in [-0.2, 0) is 10.0 Å². The second-order valence-corrected chi connectivity index (χ2v) is 7.91. The van der Waals surface area contributed by atoms with Crippen LogP contribution in [0.4, 0.5) is 0 Å². The van der Waals surface area contributed by atoms with E-state index in [1.54, 1.807) is 29.8 Å². The maximum Gasteiger partial charge on any atom is 0.213 e. The number of nitrogens with zero attached hydrogens (tertiary/aromatic N) is 4. The van der Waals surface area contributed by atoms with Gasteiger partial charge in [0.15, 0.2) is 0 Å². The molecule has 0 bridgehead atoms. The van der Waals surface area contributed by atoms with Crippen LogP contribution in [0.3, 0.4) is 0 Å². The Labute approximate surface area is 136 Å². The minimum Gasteiger partial charge on any atom is -0.265 e. The van der Waals surface area contributed by atoms with Crippen LogP contribution >= 0.6 is 0 Å². The highest BCUT2D eigenvalue weighted by Gasteiger charge is 2.30. The molecule has 1 saturated heterocycles. The van der Waals surface area contributed by atoms with Gasteiger partial charge < -0.3 is 0 Å². The molecule has 23 heavy (non-hydrogen) atoms. The van der Waals surface area contributed by atoms with Crippen LogP contribution in [0, 0.1) is 0 Å². The van der Waals surface area contributed by atoms with Crippen LogP contribution in [0.2, 0.25) is 0 Å². The predicted octanol–water partition coefficient (Wildman–Crippen LogP) is 2.07. The molecule has 0 amide bonds. The summed E-state index contributed by atoms with van der Waals surface area (Å²) in [5.74, 6) is 0.233. The molecular formula is C16H20N4O2S. The van der Waals surface area contributed by atoms with Gasteiger partial charge >= 0.3 is 0 Å². The predicted molar refractivity (Wildman–Crippen MR) is 88.3 cm³/mol. The van der Waals surface area contributed by atoms with Gasteiger partial charge in [0.2, 0.25) is 10.0 Å². The van der Waals surface area contributed by atoms with E-state index >= 15 is 0 Å². The number of hydrogen-bond acceptors (Lipinski definition) is 5. The minimum absolute atomic E-state index is 0.0937. The van der Waals surface area contributed by atoms with E-state index in [9.17, 15) is 8.42 Å². The van der Waals surface area contributed by atoms with E-state index in [2.05, 4.69) is 15.0 Å². The quantitative estimate of drug-likeness (QED) is 0.856. The van der Waals surface area contributed by atoms with Crippen molar-refractivity contribution in [1.82, 2.24) is 19.3 Å². The Morgan fingerprint density at radius 2 is 2.04 bits per heavy atom. The lowest BCUT2D eigenvalue weighted by atomic mass is 9.91. The summed E-state index contributed by atoms with van der Waals surface area (Å²) in [6, 6.07) is 3.84. The molecule has 1 unspecified atom stereocenters. The van der Waals surface area contributed by atoms with Gasteiger partial charge in [0.05, 0.1) is 11.4 Å². The zero-order chi connectivity index (χ0) is 16.3. The molecule has 0 saturated carbocycles. The number of rotatable bonds is 4. The Bertz CT molecular complexity index is 765. The van der Waals surface area contributed by atoms with Crippen molar-refractivity contribution in [1.29, 1.82) is 0 Å². The van der Waals surface area contributed by atoms with Crippen molar-refractivity contribution < 1.29 is 8.42 Å². The zero-order valence-corrected chi connectivity index (χ0v) is 13.9. The Morgan fingerprint density at radius 3 is 2.78 bits per heavy atom. The van der Waals surface area contributed by atoms with Crippen molar-refractivity contribution in [2.45, 2.75) is 25.7 Å². The molecular weight excluding hydrogens is 312 g/mol. The topological polar surface area (TPSA) is 76.1 Å². The third-order valence-corrected chi connectivity index (χ3v) is 6.11. The van der Waals surface area contributed by atoms with Gasteiger partial charge in [-0.15, -0.1) is 0 Å². The highest BCUT2D eigenvalue weighted by molar-refractivity contribution is 7.89. The fourth-order valence-corrected chi connectivity index (χ4v) is 4.20. The van der Waals surface area contributed by atoms with E-state index in [0.29, 0.717) is 13.1 Å². The van der Waals surface area contributed by atoms with Crippen LogP contribution in [0.1, 0.15) is 31.4 Å². The Morgan fingerprint density at radius 1 is 1.26 bits per heavy atom. The maximum absolute atomic E-state index is 12.2. The van der Waals surface area contributed by atoms with Gasteiger partial charge in [-0.1, -0.05) is 0 Å². The highest BCUT2D eigenvalue weighted by atomic mass is 32.2. The average Bonchev–Trinajstić information content (AvgIpc) is 2.62. The van der Waals surface area contributed by atoms with Gasteiger partial charge in [0.25, 0.3) is 0 Å². The molecule has 0 aromatic carbocycles. The van der Waals surface area contributed by atoms with Crippen molar-refractivity contribution in [3.8, 4) is 11.1 Å². The third-order valence-electron chi connectivity index (χ3n) is 4.26. The molecule has 0 spiro atoms. The van der Waals surface area contributed by atoms with Crippen LogP contribution in [0.25, 0.3) is 11.1 Å². The molecule has 0 aliphatic carbocycles. The fourth-order valence-electron chi connectivity index (χ4n) is 3.02. The monoisotopic (exact) mass is 332 g/mol. The first-order valence-electron chi connectivity index (χ1n) is 7.80. The van der Waals surface area contributed by atoms with E-state index < -0.39 is 10.0 Å². The number of piperidine rings is 1. The summed E-state index contributed by atoms with van der Waals surface area (Å²) in [4.78, 5) is 12.6. The summed E-state index contributed by atoms with van der Waals surface area (Å²) < 4.78 is 25.9. The summed E-state index contributed by atoms with van der Waals surface area (Å²) in [5, 5.41) is 0. The summed E-state index contributed by atoms with van der Waals surface area (Å²) in [5.41, 5.74) is 2.88. The first-order chi connectivity index (χ1) is 11.1. The third kappa shape index (κ3) is 3.40. The number of aromatic nitrogens is 3. The Kier molecular flexibility index (Phi) is 4.68. The van der Waals surface area contributed by atoms with Crippen molar-refractivity contribution in [2.75, 3.05) is 18.8 Å². The summed E-state index contributed by atoms with van der Waals surface area (Å²) in [6.07, 6.45) is 8.59. The Balaban J connectivity index is 1.93.